The van der Waals surface area contributed by atoms with Crippen molar-refractivity contribution in [1.29, 1.82) is 0 Å². The number of pyridine rings is 2. The second kappa shape index (κ2) is 5.93. The van der Waals surface area contributed by atoms with E-state index in [1.807, 2.05) is 6.07 Å². The predicted molar refractivity (Wildman–Crippen MR) is 90.3 cm³/mol. The van der Waals surface area contributed by atoms with Crippen LogP contribution in [0.1, 0.15) is 24.0 Å². The minimum atomic E-state index is -3.47. The van der Waals surface area contributed by atoms with E-state index >= 15 is 0 Å². The van der Waals surface area contributed by atoms with E-state index in [2.05, 4.69) is 9.97 Å². The second-order valence-corrected chi connectivity index (χ2v) is 9.96. The standard InChI is InChI=1S/C16H18N2O4S2/c1-23(19,20)15-9-5-8-13(17-15)14-10-11-6-3-4-7-12(11)16(18-14)24(2,21)22/h5,8-10H,3-4,6-7H2,1-2H3. The van der Waals surface area contributed by atoms with Gasteiger partial charge in [0.2, 0.25) is 0 Å². The molecule has 1 aliphatic rings. The van der Waals surface area contributed by atoms with Crippen LogP contribution in [0.5, 0.6) is 0 Å². The lowest BCUT2D eigenvalue weighted by Gasteiger charge is -2.19. The van der Waals surface area contributed by atoms with Gasteiger partial charge in [0, 0.05) is 12.5 Å². The number of rotatable bonds is 3. The zero-order valence-electron chi connectivity index (χ0n) is 13.5. The molecule has 0 spiro atoms. The Balaban J connectivity index is 2.23. The van der Waals surface area contributed by atoms with E-state index in [-0.39, 0.29) is 10.1 Å². The van der Waals surface area contributed by atoms with Crippen molar-refractivity contribution in [3.63, 3.8) is 0 Å². The molecule has 6 nitrogen and oxygen atoms in total. The van der Waals surface area contributed by atoms with Gasteiger partial charge in [-0.3, -0.25) is 0 Å². The minimum Gasteiger partial charge on any atom is -0.235 e. The van der Waals surface area contributed by atoms with Crippen LogP contribution in [0.3, 0.4) is 0 Å². The molecule has 1 aliphatic carbocycles. The van der Waals surface area contributed by atoms with Gasteiger partial charge in [-0.15, -0.1) is 0 Å². The lowest BCUT2D eigenvalue weighted by molar-refractivity contribution is 0.590. The summed E-state index contributed by atoms with van der Waals surface area (Å²) in [6, 6.07) is 6.46. The summed E-state index contributed by atoms with van der Waals surface area (Å²) in [7, 11) is -6.92. The number of aromatic nitrogens is 2. The number of hydrogen-bond donors (Lipinski definition) is 0. The molecule has 0 saturated heterocycles. The summed E-state index contributed by atoms with van der Waals surface area (Å²) >= 11 is 0. The van der Waals surface area contributed by atoms with Gasteiger partial charge in [-0.1, -0.05) is 6.07 Å². The Bertz CT molecular complexity index is 1010. The molecular formula is C16H18N2O4S2. The maximum Gasteiger partial charge on any atom is 0.193 e. The van der Waals surface area contributed by atoms with Gasteiger partial charge in [0.05, 0.1) is 11.4 Å². The fourth-order valence-corrected chi connectivity index (χ4v) is 4.44. The molecule has 3 rings (SSSR count). The molecule has 128 valence electrons. The first-order valence-corrected chi connectivity index (χ1v) is 11.3. The topological polar surface area (TPSA) is 94.1 Å². The van der Waals surface area contributed by atoms with Crippen molar-refractivity contribution in [2.24, 2.45) is 0 Å². The molecule has 0 fully saturated rings. The van der Waals surface area contributed by atoms with E-state index in [1.54, 1.807) is 12.1 Å². The third kappa shape index (κ3) is 3.34. The maximum absolute atomic E-state index is 12.1. The van der Waals surface area contributed by atoms with E-state index < -0.39 is 19.7 Å². The Morgan fingerprint density at radius 3 is 2.25 bits per heavy atom. The van der Waals surface area contributed by atoms with Gasteiger partial charge < -0.3 is 0 Å². The van der Waals surface area contributed by atoms with Crippen LogP contribution in [0, 0.1) is 0 Å². The molecular weight excluding hydrogens is 348 g/mol. The summed E-state index contributed by atoms with van der Waals surface area (Å²) in [5.74, 6) is 0. The summed E-state index contributed by atoms with van der Waals surface area (Å²) in [6.07, 6.45) is 5.66. The molecule has 0 unspecified atom stereocenters. The summed E-state index contributed by atoms with van der Waals surface area (Å²) in [6.45, 7) is 0. The number of aryl methyl sites for hydroxylation is 1. The zero-order chi connectivity index (χ0) is 17.5. The van der Waals surface area contributed by atoms with Crippen LogP contribution >= 0.6 is 0 Å². The summed E-state index contributed by atoms with van der Waals surface area (Å²) in [5.41, 5.74) is 2.49. The first-order valence-electron chi connectivity index (χ1n) is 7.56. The highest BCUT2D eigenvalue weighted by Gasteiger charge is 2.23. The zero-order valence-corrected chi connectivity index (χ0v) is 15.1. The fourth-order valence-electron chi connectivity index (χ4n) is 2.91. The van der Waals surface area contributed by atoms with Crippen molar-refractivity contribution in [2.45, 2.75) is 35.7 Å². The van der Waals surface area contributed by atoms with Gasteiger partial charge in [0.25, 0.3) is 0 Å². The lowest BCUT2D eigenvalue weighted by Crippen LogP contribution is -2.13. The SMILES string of the molecule is CS(=O)(=O)c1cccc(-c2cc3c(c(S(C)(=O)=O)n2)CCCC3)n1. The van der Waals surface area contributed by atoms with Gasteiger partial charge in [0.15, 0.2) is 29.7 Å². The second-order valence-electron chi connectivity index (χ2n) is 6.06. The Morgan fingerprint density at radius 2 is 1.58 bits per heavy atom. The molecule has 0 N–H and O–H groups in total. The molecule has 0 bridgehead atoms. The number of nitrogens with zero attached hydrogens (tertiary/aromatic N) is 2. The highest BCUT2D eigenvalue weighted by Crippen LogP contribution is 2.30. The molecule has 2 aromatic heterocycles. The summed E-state index contributed by atoms with van der Waals surface area (Å²) in [5, 5.41) is 0.0293. The third-order valence-electron chi connectivity index (χ3n) is 4.02. The van der Waals surface area contributed by atoms with Crippen molar-refractivity contribution < 1.29 is 16.8 Å². The predicted octanol–water partition coefficient (Wildman–Crippen LogP) is 1.83. The molecule has 0 amide bonds. The highest BCUT2D eigenvalue weighted by atomic mass is 32.2. The van der Waals surface area contributed by atoms with Crippen LogP contribution in [0.2, 0.25) is 0 Å². The molecule has 2 aromatic rings. The summed E-state index contributed by atoms with van der Waals surface area (Å²) in [4.78, 5) is 8.45. The van der Waals surface area contributed by atoms with Crippen molar-refractivity contribution >= 4 is 19.7 Å². The lowest BCUT2D eigenvalue weighted by atomic mass is 9.92. The molecule has 24 heavy (non-hydrogen) atoms. The molecule has 0 radical (unpaired) electrons. The Kier molecular flexibility index (Phi) is 4.21. The van der Waals surface area contributed by atoms with Gasteiger partial charge in [0.1, 0.15) is 0 Å². The monoisotopic (exact) mass is 366 g/mol. The normalized spacial score (nSPS) is 15.1. The van der Waals surface area contributed by atoms with Gasteiger partial charge in [-0.05, 0) is 55.0 Å². The van der Waals surface area contributed by atoms with Crippen molar-refractivity contribution in [3.05, 3.63) is 35.4 Å². The molecule has 0 aromatic carbocycles. The third-order valence-corrected chi connectivity index (χ3v) is 6.05. The van der Waals surface area contributed by atoms with Crippen LogP contribution in [0.25, 0.3) is 11.4 Å². The van der Waals surface area contributed by atoms with Crippen LogP contribution in [-0.2, 0) is 32.5 Å². The van der Waals surface area contributed by atoms with Crippen LogP contribution in [0.4, 0.5) is 0 Å². The van der Waals surface area contributed by atoms with E-state index in [9.17, 15) is 16.8 Å². The van der Waals surface area contributed by atoms with Crippen LogP contribution in [0.15, 0.2) is 34.3 Å². The van der Waals surface area contributed by atoms with E-state index in [1.165, 1.54) is 6.07 Å². The van der Waals surface area contributed by atoms with E-state index in [0.717, 1.165) is 42.9 Å². The Hall–Kier alpha value is -1.80. The molecule has 0 aliphatic heterocycles. The minimum absolute atomic E-state index is 0.0552. The molecule has 0 atom stereocenters. The largest absolute Gasteiger partial charge is 0.235 e. The van der Waals surface area contributed by atoms with Crippen molar-refractivity contribution in [3.8, 4) is 11.4 Å². The average molecular weight is 366 g/mol. The Morgan fingerprint density at radius 1 is 0.875 bits per heavy atom. The van der Waals surface area contributed by atoms with Gasteiger partial charge >= 0.3 is 0 Å². The first-order chi connectivity index (χ1) is 11.2. The maximum atomic E-state index is 12.1. The van der Waals surface area contributed by atoms with Crippen molar-refractivity contribution in [2.75, 3.05) is 12.5 Å². The average Bonchev–Trinajstić information content (AvgIpc) is 2.52. The Labute approximate surface area is 141 Å². The number of hydrogen-bond acceptors (Lipinski definition) is 6. The summed E-state index contributed by atoms with van der Waals surface area (Å²) < 4.78 is 47.7. The van der Waals surface area contributed by atoms with Gasteiger partial charge in [-0.2, -0.15) is 0 Å². The van der Waals surface area contributed by atoms with Crippen molar-refractivity contribution in [1.82, 2.24) is 9.97 Å². The fraction of sp³-hybridized carbons (Fsp3) is 0.375. The van der Waals surface area contributed by atoms with Crippen LogP contribution in [-0.4, -0.2) is 39.3 Å². The van der Waals surface area contributed by atoms with Crippen LogP contribution < -0.4 is 0 Å². The van der Waals surface area contributed by atoms with Gasteiger partial charge in [-0.25, -0.2) is 26.8 Å². The number of sulfone groups is 2. The smallest absolute Gasteiger partial charge is 0.193 e. The molecule has 0 saturated carbocycles. The first kappa shape index (κ1) is 17.0. The van der Waals surface area contributed by atoms with E-state index in [0.29, 0.717) is 17.8 Å². The molecule has 8 heteroatoms. The molecule has 2 heterocycles. The highest BCUT2D eigenvalue weighted by molar-refractivity contribution is 7.90. The van der Waals surface area contributed by atoms with E-state index in [4.69, 9.17) is 0 Å². The quantitative estimate of drug-likeness (QED) is 0.822. The number of fused-ring (bicyclic) bond motifs is 1.